The molecule has 0 saturated carbocycles. The maximum absolute atomic E-state index is 12.1. The molecule has 23 heavy (non-hydrogen) atoms. The van der Waals surface area contributed by atoms with Crippen LogP contribution in [0.15, 0.2) is 40.8 Å². The molecule has 124 valence electrons. The lowest BCUT2D eigenvalue weighted by molar-refractivity contribution is -0.128. The van der Waals surface area contributed by atoms with Crippen molar-refractivity contribution in [3.05, 3.63) is 52.9 Å². The van der Waals surface area contributed by atoms with Gasteiger partial charge in [-0.1, -0.05) is 23.7 Å². The van der Waals surface area contributed by atoms with Crippen molar-refractivity contribution < 1.29 is 19.1 Å². The second kappa shape index (κ2) is 7.06. The second-order valence-electron chi connectivity index (χ2n) is 5.59. The standard InChI is InChI=1S/C17H20ClNO4/c1-11-8-9-15(22-11)17(3,21)10-19-16(20)12(2)23-14-7-5-4-6-13(14)18/h4-9,12,21H,10H2,1-3H3,(H,19,20). The predicted octanol–water partition coefficient (Wildman–Crippen LogP) is 3.03. The van der Waals surface area contributed by atoms with Crippen LogP contribution in [-0.2, 0) is 10.4 Å². The number of aliphatic hydroxyl groups is 1. The van der Waals surface area contributed by atoms with Gasteiger partial charge in [0.25, 0.3) is 5.91 Å². The Morgan fingerprint density at radius 1 is 1.39 bits per heavy atom. The Bertz CT molecular complexity index is 681. The van der Waals surface area contributed by atoms with Gasteiger partial charge in [0, 0.05) is 0 Å². The van der Waals surface area contributed by atoms with Crippen LogP contribution in [0.2, 0.25) is 5.02 Å². The number of amides is 1. The molecule has 5 nitrogen and oxygen atoms in total. The summed E-state index contributed by atoms with van der Waals surface area (Å²) in [5.41, 5.74) is -1.30. The molecular formula is C17H20ClNO4. The molecule has 6 heteroatoms. The van der Waals surface area contributed by atoms with Crippen molar-refractivity contribution in [2.45, 2.75) is 32.5 Å². The van der Waals surface area contributed by atoms with E-state index in [0.717, 1.165) is 0 Å². The van der Waals surface area contributed by atoms with Gasteiger partial charge in [-0.2, -0.15) is 0 Å². The van der Waals surface area contributed by atoms with E-state index in [4.69, 9.17) is 20.8 Å². The molecule has 0 spiro atoms. The van der Waals surface area contributed by atoms with Crippen LogP contribution in [0.4, 0.5) is 0 Å². The Morgan fingerprint density at radius 3 is 2.70 bits per heavy atom. The zero-order valence-corrected chi connectivity index (χ0v) is 14.1. The fourth-order valence-corrected chi connectivity index (χ4v) is 2.18. The highest BCUT2D eigenvalue weighted by molar-refractivity contribution is 6.32. The normalized spacial score (nSPS) is 14.8. The lowest BCUT2D eigenvalue weighted by Gasteiger charge is -2.23. The Labute approximate surface area is 140 Å². The predicted molar refractivity (Wildman–Crippen MR) is 87.6 cm³/mol. The first kappa shape index (κ1) is 17.4. The van der Waals surface area contributed by atoms with E-state index in [1.54, 1.807) is 57.2 Å². The van der Waals surface area contributed by atoms with Gasteiger partial charge in [0.1, 0.15) is 22.9 Å². The van der Waals surface area contributed by atoms with Crippen molar-refractivity contribution in [3.8, 4) is 5.75 Å². The summed E-state index contributed by atoms with van der Waals surface area (Å²) in [5.74, 6) is 1.18. The van der Waals surface area contributed by atoms with Crippen molar-refractivity contribution in [2.75, 3.05) is 6.54 Å². The monoisotopic (exact) mass is 337 g/mol. The number of carbonyl (C=O) groups is 1. The van der Waals surface area contributed by atoms with Crippen LogP contribution in [0.1, 0.15) is 25.4 Å². The van der Waals surface area contributed by atoms with Crippen LogP contribution in [0.25, 0.3) is 0 Å². The number of nitrogens with one attached hydrogen (secondary N) is 1. The Hall–Kier alpha value is -1.98. The summed E-state index contributed by atoms with van der Waals surface area (Å²) in [4.78, 5) is 12.1. The van der Waals surface area contributed by atoms with Crippen molar-refractivity contribution in [3.63, 3.8) is 0 Å². The van der Waals surface area contributed by atoms with Crippen LogP contribution in [0.5, 0.6) is 5.75 Å². The molecule has 1 amide bonds. The molecule has 0 aliphatic carbocycles. The fourth-order valence-electron chi connectivity index (χ4n) is 2.00. The molecule has 2 rings (SSSR count). The van der Waals surface area contributed by atoms with Crippen molar-refractivity contribution in [1.29, 1.82) is 0 Å². The summed E-state index contributed by atoms with van der Waals surface area (Å²) in [6.45, 7) is 4.99. The van der Waals surface area contributed by atoms with Crippen molar-refractivity contribution in [1.82, 2.24) is 5.32 Å². The quantitative estimate of drug-likeness (QED) is 0.850. The van der Waals surface area contributed by atoms with Crippen LogP contribution < -0.4 is 10.1 Å². The summed E-state index contributed by atoms with van der Waals surface area (Å²) in [6, 6.07) is 10.4. The Morgan fingerprint density at radius 2 is 2.09 bits per heavy atom. The van der Waals surface area contributed by atoms with Gasteiger partial charge >= 0.3 is 0 Å². The maximum Gasteiger partial charge on any atom is 0.260 e. The van der Waals surface area contributed by atoms with E-state index in [-0.39, 0.29) is 12.5 Å². The summed E-state index contributed by atoms with van der Waals surface area (Å²) < 4.78 is 10.9. The highest BCUT2D eigenvalue weighted by atomic mass is 35.5. The molecule has 2 N–H and O–H groups in total. The average molecular weight is 338 g/mol. The van der Waals surface area contributed by atoms with E-state index in [0.29, 0.717) is 22.3 Å². The molecule has 1 heterocycles. The molecule has 0 aliphatic heterocycles. The molecule has 0 saturated heterocycles. The first-order valence-corrected chi connectivity index (χ1v) is 7.65. The number of hydrogen-bond donors (Lipinski definition) is 2. The van der Waals surface area contributed by atoms with Gasteiger partial charge < -0.3 is 19.6 Å². The number of ether oxygens (including phenoxy) is 1. The van der Waals surface area contributed by atoms with E-state index < -0.39 is 11.7 Å². The Kier molecular flexibility index (Phi) is 5.34. The molecule has 2 atom stereocenters. The lowest BCUT2D eigenvalue weighted by Crippen LogP contribution is -2.43. The van der Waals surface area contributed by atoms with Gasteiger partial charge in [0.2, 0.25) is 0 Å². The molecule has 2 aromatic rings. The molecular weight excluding hydrogens is 318 g/mol. The topological polar surface area (TPSA) is 71.7 Å². The third kappa shape index (κ3) is 4.50. The SMILES string of the molecule is Cc1ccc(C(C)(O)CNC(=O)C(C)Oc2ccccc2Cl)o1. The van der Waals surface area contributed by atoms with Crippen LogP contribution in [-0.4, -0.2) is 23.7 Å². The minimum Gasteiger partial charge on any atom is -0.479 e. The van der Waals surface area contributed by atoms with Gasteiger partial charge in [-0.15, -0.1) is 0 Å². The third-order valence-electron chi connectivity index (χ3n) is 3.39. The van der Waals surface area contributed by atoms with E-state index in [2.05, 4.69) is 5.32 Å². The molecule has 0 fully saturated rings. The number of hydrogen-bond acceptors (Lipinski definition) is 4. The minimum absolute atomic E-state index is 0.00894. The third-order valence-corrected chi connectivity index (χ3v) is 3.70. The van der Waals surface area contributed by atoms with Gasteiger partial charge in [-0.3, -0.25) is 4.79 Å². The number of benzene rings is 1. The molecule has 1 aromatic carbocycles. The number of carbonyl (C=O) groups excluding carboxylic acids is 1. The Balaban J connectivity index is 1.92. The zero-order valence-electron chi connectivity index (χ0n) is 13.3. The number of halogens is 1. The van der Waals surface area contributed by atoms with E-state index in [9.17, 15) is 9.90 Å². The van der Waals surface area contributed by atoms with Gasteiger partial charge in [0.15, 0.2) is 6.10 Å². The molecule has 1 aromatic heterocycles. The van der Waals surface area contributed by atoms with Gasteiger partial charge in [0.05, 0.1) is 11.6 Å². The summed E-state index contributed by atoms with van der Waals surface area (Å²) in [7, 11) is 0. The van der Waals surface area contributed by atoms with E-state index >= 15 is 0 Å². The van der Waals surface area contributed by atoms with Crippen LogP contribution in [0, 0.1) is 6.92 Å². The molecule has 0 radical (unpaired) electrons. The maximum atomic E-state index is 12.1. The number of furan rings is 1. The summed E-state index contributed by atoms with van der Waals surface area (Å²) >= 11 is 6.00. The number of para-hydroxylation sites is 1. The zero-order chi connectivity index (χ0) is 17.0. The van der Waals surface area contributed by atoms with Crippen molar-refractivity contribution in [2.24, 2.45) is 0 Å². The first-order valence-electron chi connectivity index (χ1n) is 7.28. The van der Waals surface area contributed by atoms with E-state index in [1.165, 1.54) is 0 Å². The lowest BCUT2D eigenvalue weighted by atomic mass is 10.0. The molecule has 0 aliphatic rings. The molecule has 2 unspecified atom stereocenters. The van der Waals surface area contributed by atoms with Gasteiger partial charge in [-0.25, -0.2) is 0 Å². The fraction of sp³-hybridized carbons (Fsp3) is 0.353. The van der Waals surface area contributed by atoms with Crippen LogP contribution in [0.3, 0.4) is 0 Å². The van der Waals surface area contributed by atoms with E-state index in [1.807, 2.05) is 0 Å². The second-order valence-corrected chi connectivity index (χ2v) is 6.00. The first-order chi connectivity index (χ1) is 10.8. The van der Waals surface area contributed by atoms with Gasteiger partial charge in [-0.05, 0) is 45.0 Å². The van der Waals surface area contributed by atoms with Crippen LogP contribution >= 0.6 is 11.6 Å². The molecule has 0 bridgehead atoms. The highest BCUT2D eigenvalue weighted by Gasteiger charge is 2.28. The van der Waals surface area contributed by atoms with Crippen molar-refractivity contribution >= 4 is 17.5 Å². The smallest absolute Gasteiger partial charge is 0.260 e. The average Bonchev–Trinajstić information content (AvgIpc) is 2.94. The number of aryl methyl sites for hydroxylation is 1. The summed E-state index contributed by atoms with van der Waals surface area (Å²) in [5, 5.41) is 13.5. The summed E-state index contributed by atoms with van der Waals surface area (Å²) in [6.07, 6.45) is -0.746. The highest BCUT2D eigenvalue weighted by Crippen LogP contribution is 2.25. The number of rotatable bonds is 6. The minimum atomic E-state index is -1.30. The largest absolute Gasteiger partial charge is 0.479 e.